The SMILES string of the molecule is NC(=O)C1[CH]CCS1(=O)=O. The molecule has 0 spiro atoms. The summed E-state index contributed by atoms with van der Waals surface area (Å²) in [7, 11) is -3.22. The molecule has 0 aromatic rings. The average molecular weight is 162 g/mol. The highest BCUT2D eigenvalue weighted by atomic mass is 32.2. The van der Waals surface area contributed by atoms with Crippen LogP contribution in [0.4, 0.5) is 0 Å². The quantitative estimate of drug-likeness (QED) is 0.529. The van der Waals surface area contributed by atoms with E-state index in [9.17, 15) is 13.2 Å². The first-order valence-corrected chi connectivity index (χ1v) is 4.60. The summed E-state index contributed by atoms with van der Waals surface area (Å²) in [6.07, 6.45) is 1.88. The van der Waals surface area contributed by atoms with Gasteiger partial charge in [0.05, 0.1) is 5.75 Å². The lowest BCUT2D eigenvalue weighted by atomic mass is 10.2. The highest BCUT2D eigenvalue weighted by Gasteiger charge is 2.35. The van der Waals surface area contributed by atoms with Crippen molar-refractivity contribution in [3.8, 4) is 0 Å². The van der Waals surface area contributed by atoms with E-state index >= 15 is 0 Å². The van der Waals surface area contributed by atoms with E-state index in [-0.39, 0.29) is 5.75 Å². The fraction of sp³-hybridized carbons (Fsp3) is 0.600. The van der Waals surface area contributed by atoms with Gasteiger partial charge in [0.2, 0.25) is 5.91 Å². The first-order valence-electron chi connectivity index (χ1n) is 2.88. The number of nitrogens with two attached hydrogens (primary N) is 1. The lowest BCUT2D eigenvalue weighted by molar-refractivity contribution is -0.117. The number of hydrogen-bond donors (Lipinski definition) is 1. The van der Waals surface area contributed by atoms with Crippen LogP contribution in [0.25, 0.3) is 0 Å². The Kier molecular flexibility index (Phi) is 1.68. The van der Waals surface area contributed by atoms with Gasteiger partial charge in [-0.1, -0.05) is 0 Å². The van der Waals surface area contributed by atoms with E-state index in [4.69, 9.17) is 5.73 Å². The topological polar surface area (TPSA) is 77.2 Å². The van der Waals surface area contributed by atoms with Gasteiger partial charge in [0.15, 0.2) is 9.84 Å². The van der Waals surface area contributed by atoms with Crippen molar-refractivity contribution in [2.24, 2.45) is 5.73 Å². The van der Waals surface area contributed by atoms with Crippen molar-refractivity contribution < 1.29 is 13.2 Å². The predicted molar refractivity (Wildman–Crippen MR) is 35.7 cm³/mol. The zero-order valence-electron chi connectivity index (χ0n) is 5.28. The second-order valence-corrected chi connectivity index (χ2v) is 4.46. The predicted octanol–water partition coefficient (Wildman–Crippen LogP) is -1.14. The van der Waals surface area contributed by atoms with Gasteiger partial charge in [0, 0.05) is 0 Å². The van der Waals surface area contributed by atoms with Gasteiger partial charge in [-0.2, -0.15) is 0 Å². The van der Waals surface area contributed by atoms with Crippen LogP contribution in [0.3, 0.4) is 0 Å². The maximum Gasteiger partial charge on any atom is 0.236 e. The fourth-order valence-corrected chi connectivity index (χ4v) is 2.45. The average Bonchev–Trinajstić information content (AvgIpc) is 2.08. The summed E-state index contributed by atoms with van der Waals surface area (Å²) in [6, 6.07) is 0. The van der Waals surface area contributed by atoms with Crippen molar-refractivity contribution in [2.75, 3.05) is 5.75 Å². The lowest BCUT2D eigenvalue weighted by Gasteiger charge is -2.00. The van der Waals surface area contributed by atoms with Crippen LogP contribution in [0.2, 0.25) is 0 Å². The Morgan fingerprint density at radius 3 is 2.40 bits per heavy atom. The maximum atomic E-state index is 10.9. The molecule has 1 atom stereocenters. The standard InChI is InChI=1S/C5H8NO3S/c6-5(7)4-2-1-3-10(4,8)9/h2,4H,1,3H2,(H2,6,7). The molecule has 0 bridgehead atoms. The number of amides is 1. The van der Waals surface area contributed by atoms with E-state index in [1.807, 2.05) is 0 Å². The molecular weight excluding hydrogens is 154 g/mol. The maximum absolute atomic E-state index is 10.9. The Morgan fingerprint density at radius 2 is 2.20 bits per heavy atom. The third-order valence-electron chi connectivity index (χ3n) is 1.45. The number of carbonyl (C=O) groups is 1. The molecule has 1 rings (SSSR count). The van der Waals surface area contributed by atoms with Gasteiger partial charge >= 0.3 is 0 Å². The minimum Gasteiger partial charge on any atom is -0.369 e. The van der Waals surface area contributed by atoms with Crippen LogP contribution in [-0.2, 0) is 14.6 Å². The highest BCUT2D eigenvalue weighted by Crippen LogP contribution is 2.17. The van der Waals surface area contributed by atoms with Gasteiger partial charge in [-0.05, 0) is 12.8 Å². The zero-order valence-corrected chi connectivity index (χ0v) is 6.10. The van der Waals surface area contributed by atoms with Gasteiger partial charge < -0.3 is 5.73 Å². The Labute approximate surface area is 59.3 Å². The van der Waals surface area contributed by atoms with Crippen LogP contribution in [-0.4, -0.2) is 25.3 Å². The van der Waals surface area contributed by atoms with Crippen molar-refractivity contribution in [3.63, 3.8) is 0 Å². The summed E-state index contributed by atoms with van der Waals surface area (Å²) in [5.74, 6) is -0.710. The second kappa shape index (κ2) is 2.23. The summed E-state index contributed by atoms with van der Waals surface area (Å²) < 4.78 is 21.7. The summed E-state index contributed by atoms with van der Waals surface area (Å²) in [4.78, 5) is 10.4. The van der Waals surface area contributed by atoms with E-state index in [2.05, 4.69) is 0 Å². The Bertz CT molecular complexity index is 244. The van der Waals surface area contributed by atoms with E-state index in [0.717, 1.165) is 0 Å². The van der Waals surface area contributed by atoms with Gasteiger partial charge in [0.25, 0.3) is 0 Å². The van der Waals surface area contributed by atoms with Gasteiger partial charge in [0.1, 0.15) is 5.25 Å². The molecule has 0 aromatic carbocycles. The van der Waals surface area contributed by atoms with Gasteiger partial charge in [-0.25, -0.2) is 8.42 Å². The van der Waals surface area contributed by atoms with Crippen molar-refractivity contribution >= 4 is 15.7 Å². The van der Waals surface area contributed by atoms with E-state index in [1.165, 1.54) is 6.42 Å². The van der Waals surface area contributed by atoms with Crippen molar-refractivity contribution in [1.29, 1.82) is 0 Å². The molecule has 1 heterocycles. The second-order valence-electron chi connectivity index (χ2n) is 2.21. The third kappa shape index (κ3) is 1.13. The van der Waals surface area contributed by atoms with E-state index in [1.54, 1.807) is 0 Å². The van der Waals surface area contributed by atoms with Gasteiger partial charge in [-0.15, -0.1) is 0 Å². The van der Waals surface area contributed by atoms with Crippen molar-refractivity contribution in [3.05, 3.63) is 6.42 Å². The molecular formula is C5H8NO3S. The first kappa shape index (κ1) is 7.53. The van der Waals surface area contributed by atoms with Crippen LogP contribution >= 0.6 is 0 Å². The number of sulfone groups is 1. The zero-order chi connectivity index (χ0) is 7.78. The summed E-state index contributed by atoms with van der Waals surface area (Å²) >= 11 is 0. The summed E-state index contributed by atoms with van der Waals surface area (Å²) in [5, 5.41) is -1.03. The molecule has 57 valence electrons. The largest absolute Gasteiger partial charge is 0.369 e. The Morgan fingerprint density at radius 1 is 1.60 bits per heavy atom. The molecule has 2 N–H and O–H groups in total. The molecule has 5 heteroatoms. The van der Waals surface area contributed by atoms with Crippen LogP contribution in [0, 0.1) is 6.42 Å². The minimum absolute atomic E-state index is 0.0562. The molecule has 10 heavy (non-hydrogen) atoms. The van der Waals surface area contributed by atoms with E-state index in [0.29, 0.717) is 6.42 Å². The number of carbonyl (C=O) groups excluding carboxylic acids is 1. The van der Waals surface area contributed by atoms with Crippen molar-refractivity contribution in [2.45, 2.75) is 11.7 Å². The minimum atomic E-state index is -3.22. The molecule has 1 amide bonds. The normalized spacial score (nSPS) is 30.2. The molecule has 0 aliphatic carbocycles. The summed E-state index contributed by atoms with van der Waals surface area (Å²) in [6.45, 7) is 0. The summed E-state index contributed by atoms with van der Waals surface area (Å²) in [5.41, 5.74) is 4.82. The van der Waals surface area contributed by atoms with E-state index < -0.39 is 21.0 Å². The van der Waals surface area contributed by atoms with Crippen molar-refractivity contribution in [1.82, 2.24) is 0 Å². The molecule has 1 aliphatic heterocycles. The number of primary amides is 1. The Hall–Kier alpha value is -0.580. The number of rotatable bonds is 1. The molecule has 1 aliphatic rings. The molecule has 1 fully saturated rings. The van der Waals surface area contributed by atoms with Gasteiger partial charge in [-0.3, -0.25) is 4.79 Å². The molecule has 1 radical (unpaired) electrons. The highest BCUT2D eigenvalue weighted by molar-refractivity contribution is 7.93. The van der Waals surface area contributed by atoms with Crippen LogP contribution in [0.5, 0.6) is 0 Å². The smallest absolute Gasteiger partial charge is 0.236 e. The Balaban J connectivity index is 2.90. The molecule has 4 nitrogen and oxygen atoms in total. The molecule has 0 saturated carbocycles. The molecule has 0 aromatic heterocycles. The monoisotopic (exact) mass is 162 g/mol. The third-order valence-corrected chi connectivity index (χ3v) is 3.45. The van der Waals surface area contributed by atoms with Crippen LogP contribution in [0.15, 0.2) is 0 Å². The molecule has 1 saturated heterocycles. The first-order chi connectivity index (χ1) is 4.54. The van der Waals surface area contributed by atoms with Crippen LogP contribution < -0.4 is 5.73 Å². The fourth-order valence-electron chi connectivity index (χ4n) is 0.950. The lowest BCUT2D eigenvalue weighted by Crippen LogP contribution is -2.32. The number of hydrogen-bond acceptors (Lipinski definition) is 3. The van der Waals surface area contributed by atoms with Crippen LogP contribution in [0.1, 0.15) is 6.42 Å². The molecule has 1 unspecified atom stereocenters.